The summed E-state index contributed by atoms with van der Waals surface area (Å²) in [6, 6.07) is 10.9. The van der Waals surface area contributed by atoms with E-state index in [9.17, 15) is 23.5 Å². The molecular weight excluding hydrogens is 506 g/mol. The molecule has 2 aliphatic carbocycles. The Morgan fingerprint density at radius 3 is 2.46 bits per heavy atom. The van der Waals surface area contributed by atoms with Crippen LogP contribution in [0.5, 0.6) is 0 Å². The zero-order valence-electron chi connectivity index (χ0n) is 19.9. The van der Waals surface area contributed by atoms with Crippen molar-refractivity contribution < 1.29 is 28.2 Å². The summed E-state index contributed by atoms with van der Waals surface area (Å²) in [4.78, 5) is 29.1. The number of hydrogen-bond donors (Lipinski definition) is 2. The first-order valence-corrected chi connectivity index (χ1v) is 12.7. The Balaban J connectivity index is 1.38. The number of aliphatic carboxylic acids is 1. The second kappa shape index (κ2) is 10.2. The van der Waals surface area contributed by atoms with Crippen molar-refractivity contribution in [3.8, 4) is 0 Å². The molecule has 37 heavy (non-hydrogen) atoms. The fraction of sp³-hybridized carbons (Fsp3) is 0.462. The first-order chi connectivity index (χ1) is 17.7. The van der Waals surface area contributed by atoms with Gasteiger partial charge in [0.05, 0.1) is 23.3 Å². The monoisotopic (exact) mass is 532 g/mol. The van der Waals surface area contributed by atoms with Gasteiger partial charge in [-0.05, 0) is 49.1 Å². The van der Waals surface area contributed by atoms with Crippen LogP contribution < -0.4 is 5.32 Å². The van der Waals surface area contributed by atoms with Crippen LogP contribution >= 0.6 is 11.6 Å². The number of nitrogens with zero attached hydrogens (tertiary/aromatic N) is 3. The van der Waals surface area contributed by atoms with Gasteiger partial charge < -0.3 is 15.2 Å². The van der Waals surface area contributed by atoms with Gasteiger partial charge in [-0.15, -0.1) is 0 Å². The van der Waals surface area contributed by atoms with E-state index < -0.39 is 36.4 Å². The average Bonchev–Trinajstić information content (AvgIpc) is 3.77. The topological polar surface area (TPSA) is 106 Å². The number of carboxylic acids is 1. The van der Waals surface area contributed by atoms with Crippen LogP contribution in [0, 0.1) is 11.8 Å². The molecule has 11 heteroatoms. The maximum absolute atomic E-state index is 13.0. The van der Waals surface area contributed by atoms with E-state index in [0.717, 1.165) is 31.2 Å². The molecule has 0 aliphatic heterocycles. The van der Waals surface area contributed by atoms with Crippen LogP contribution in [0.3, 0.4) is 0 Å². The number of aromatic nitrogens is 3. The molecule has 0 spiro atoms. The van der Waals surface area contributed by atoms with E-state index in [-0.39, 0.29) is 17.3 Å². The van der Waals surface area contributed by atoms with Crippen molar-refractivity contribution in [1.82, 2.24) is 19.9 Å². The van der Waals surface area contributed by atoms with Crippen molar-refractivity contribution in [2.24, 2.45) is 11.8 Å². The second-order valence-electron chi connectivity index (χ2n) is 9.90. The van der Waals surface area contributed by atoms with Crippen LogP contribution in [0.4, 0.5) is 13.6 Å². The van der Waals surface area contributed by atoms with E-state index in [1.165, 1.54) is 10.6 Å². The normalized spacial score (nSPS) is 16.6. The number of fused-ring (bicyclic) bond motifs is 1. The number of benzene rings is 1. The van der Waals surface area contributed by atoms with E-state index in [2.05, 4.69) is 15.4 Å². The van der Waals surface area contributed by atoms with Crippen LogP contribution in [0.2, 0.25) is 5.15 Å². The van der Waals surface area contributed by atoms with Gasteiger partial charge in [-0.1, -0.05) is 41.9 Å². The fourth-order valence-corrected chi connectivity index (χ4v) is 5.42. The highest BCUT2D eigenvalue weighted by Crippen LogP contribution is 2.53. The lowest BCUT2D eigenvalue weighted by Gasteiger charge is -2.34. The summed E-state index contributed by atoms with van der Waals surface area (Å²) in [7, 11) is 0. The third-order valence-corrected chi connectivity index (χ3v) is 7.50. The predicted molar refractivity (Wildman–Crippen MR) is 131 cm³/mol. The van der Waals surface area contributed by atoms with Crippen LogP contribution in [0.25, 0.3) is 5.65 Å². The Morgan fingerprint density at radius 2 is 1.86 bits per heavy atom. The van der Waals surface area contributed by atoms with Crippen molar-refractivity contribution in [3.05, 3.63) is 64.6 Å². The van der Waals surface area contributed by atoms with Crippen LogP contribution in [-0.4, -0.2) is 43.7 Å². The Labute approximate surface area is 217 Å². The Hall–Kier alpha value is -3.27. The minimum atomic E-state index is -2.81. The molecular formula is C26H27ClF2N4O4. The van der Waals surface area contributed by atoms with Gasteiger partial charge in [-0.3, -0.25) is 4.79 Å². The minimum absolute atomic E-state index is 0.00243. The fourth-order valence-electron chi connectivity index (χ4n) is 5.15. The van der Waals surface area contributed by atoms with E-state index in [0.29, 0.717) is 29.6 Å². The zero-order chi connectivity index (χ0) is 26.2. The molecule has 0 saturated heterocycles. The summed E-state index contributed by atoms with van der Waals surface area (Å²) in [6.45, 7) is 0.168. The standard InChI is InChI=1S/C26H27ClF2N4O4/c27-23-19(20(24(34)35)10-21(28)29)11-22-30-18(13-33(22)32-23)12-26(16-6-7-16,17-8-9-17)31-25(36)37-14-15-4-2-1-3-5-15/h1-5,11,13,16-17,20-21H,6-10,12,14H2,(H,31,36)(H,34,35). The molecule has 1 aromatic carbocycles. The van der Waals surface area contributed by atoms with Crippen LogP contribution in [0.15, 0.2) is 42.6 Å². The number of alkyl carbamates (subject to hydrolysis) is 1. The molecule has 0 radical (unpaired) electrons. The first kappa shape index (κ1) is 25.4. The lowest BCUT2D eigenvalue weighted by molar-refractivity contribution is -0.139. The van der Waals surface area contributed by atoms with Crippen molar-refractivity contribution in [3.63, 3.8) is 0 Å². The Bertz CT molecular complexity index is 1280. The lowest BCUT2D eigenvalue weighted by atomic mass is 9.83. The lowest BCUT2D eigenvalue weighted by Crippen LogP contribution is -2.54. The third-order valence-electron chi connectivity index (χ3n) is 7.20. The number of nitrogens with one attached hydrogen (secondary N) is 1. The van der Waals surface area contributed by atoms with Gasteiger partial charge in [0, 0.05) is 18.4 Å². The number of rotatable bonds is 11. The number of hydrogen-bond acceptors (Lipinski definition) is 5. The minimum Gasteiger partial charge on any atom is -0.481 e. The summed E-state index contributed by atoms with van der Waals surface area (Å²) in [5, 5.41) is 16.7. The number of carbonyl (C=O) groups excluding carboxylic acids is 1. The van der Waals surface area contributed by atoms with Crippen LogP contribution in [-0.2, 0) is 22.6 Å². The number of amides is 1. The number of carboxylic acid groups (broad SMARTS) is 1. The van der Waals surface area contributed by atoms with Crippen molar-refractivity contribution in [2.75, 3.05) is 0 Å². The van der Waals surface area contributed by atoms with Crippen LogP contribution in [0.1, 0.15) is 54.8 Å². The summed E-state index contributed by atoms with van der Waals surface area (Å²) >= 11 is 6.20. The highest BCUT2D eigenvalue weighted by Gasteiger charge is 2.55. The maximum Gasteiger partial charge on any atom is 0.407 e. The highest BCUT2D eigenvalue weighted by atomic mass is 35.5. The Morgan fingerprint density at radius 1 is 1.19 bits per heavy atom. The smallest absolute Gasteiger partial charge is 0.407 e. The number of ether oxygens (including phenoxy) is 1. The quantitative estimate of drug-likeness (QED) is 0.350. The molecule has 1 unspecified atom stereocenters. The first-order valence-electron chi connectivity index (χ1n) is 12.3. The SMILES string of the molecule is O=C(NC(Cc1cn2nc(Cl)c(C(CC(F)F)C(=O)O)cc2n1)(C1CC1)C1CC1)OCc1ccccc1. The number of carbonyl (C=O) groups is 2. The van der Waals surface area contributed by atoms with Crippen molar-refractivity contribution in [2.45, 2.75) is 63.0 Å². The molecule has 3 aromatic rings. The summed E-state index contributed by atoms with van der Waals surface area (Å²) in [5.41, 5.74) is 1.33. The largest absolute Gasteiger partial charge is 0.481 e. The molecule has 2 heterocycles. The zero-order valence-corrected chi connectivity index (χ0v) is 20.7. The van der Waals surface area contributed by atoms with Gasteiger partial charge in [-0.2, -0.15) is 5.10 Å². The molecule has 2 aliphatic rings. The number of alkyl halides is 2. The molecule has 2 aromatic heterocycles. The van der Waals surface area contributed by atoms with Crippen molar-refractivity contribution in [1.29, 1.82) is 0 Å². The molecule has 196 valence electrons. The third kappa shape index (κ3) is 5.69. The summed E-state index contributed by atoms with van der Waals surface area (Å²) < 4.78 is 32.9. The summed E-state index contributed by atoms with van der Waals surface area (Å²) in [6.07, 6.45) is 1.93. The summed E-state index contributed by atoms with van der Waals surface area (Å²) in [5.74, 6) is -2.31. The molecule has 8 nitrogen and oxygen atoms in total. The number of halogens is 3. The van der Waals surface area contributed by atoms with E-state index in [1.807, 2.05) is 30.3 Å². The molecule has 2 saturated carbocycles. The Kier molecular flexibility index (Phi) is 7.02. The molecule has 0 bridgehead atoms. The molecule has 1 amide bonds. The van der Waals surface area contributed by atoms with E-state index in [4.69, 9.17) is 16.3 Å². The van der Waals surface area contributed by atoms with Gasteiger partial charge in [0.15, 0.2) is 10.8 Å². The molecule has 5 rings (SSSR count). The average molecular weight is 533 g/mol. The number of imidazole rings is 1. The highest BCUT2D eigenvalue weighted by molar-refractivity contribution is 6.30. The van der Waals surface area contributed by atoms with Gasteiger partial charge in [-0.25, -0.2) is 23.1 Å². The molecule has 1 atom stereocenters. The molecule has 2 N–H and O–H groups in total. The van der Waals surface area contributed by atoms with Crippen molar-refractivity contribution >= 4 is 29.3 Å². The van der Waals surface area contributed by atoms with Gasteiger partial charge in [0.25, 0.3) is 0 Å². The van der Waals surface area contributed by atoms with E-state index in [1.54, 1.807) is 6.20 Å². The molecule has 2 fully saturated rings. The van der Waals surface area contributed by atoms with Gasteiger partial charge in [0.1, 0.15) is 6.61 Å². The van der Waals surface area contributed by atoms with Gasteiger partial charge >= 0.3 is 12.1 Å². The predicted octanol–water partition coefficient (Wildman–Crippen LogP) is 5.23. The van der Waals surface area contributed by atoms with Gasteiger partial charge in [0.2, 0.25) is 6.43 Å². The second-order valence-corrected chi connectivity index (χ2v) is 10.3. The maximum atomic E-state index is 13.0. The van der Waals surface area contributed by atoms with E-state index >= 15 is 0 Å².